The molecule has 0 bridgehead atoms. The third-order valence-corrected chi connectivity index (χ3v) is 4.23. The molecule has 0 aliphatic carbocycles. The number of hydrogen-bond donors (Lipinski definition) is 0. The Hall–Kier alpha value is -1.07. The van der Waals surface area contributed by atoms with Gasteiger partial charge in [0.2, 0.25) is 0 Å². The number of aromatic nitrogens is 1. The van der Waals surface area contributed by atoms with Crippen molar-refractivity contribution in [1.82, 2.24) is 4.98 Å². The summed E-state index contributed by atoms with van der Waals surface area (Å²) in [6.07, 6.45) is 0. The van der Waals surface area contributed by atoms with Gasteiger partial charge in [-0.15, -0.1) is 23.1 Å². The summed E-state index contributed by atoms with van der Waals surface area (Å²) in [4.78, 5) is 15.6. The number of ether oxygens (including phenoxy) is 1. The summed E-state index contributed by atoms with van der Waals surface area (Å²) in [5, 5.41) is 1.06. The molecule has 0 amide bonds. The number of para-hydroxylation sites is 1. The van der Waals surface area contributed by atoms with E-state index in [1.807, 2.05) is 25.1 Å². The quantitative estimate of drug-likeness (QED) is 0.780. The van der Waals surface area contributed by atoms with E-state index in [2.05, 4.69) is 11.1 Å². The average Bonchev–Trinajstić information content (AvgIpc) is 2.71. The molecule has 2 aromatic rings. The molecule has 5 heteroatoms. The molecule has 0 saturated carbocycles. The van der Waals surface area contributed by atoms with Crippen LogP contribution in [0.1, 0.15) is 11.9 Å². The normalized spacial score (nSPS) is 10.6. The van der Waals surface area contributed by atoms with Gasteiger partial charge in [-0.2, -0.15) is 0 Å². The number of nitrogens with zero attached hydrogens (tertiary/aromatic N) is 1. The van der Waals surface area contributed by atoms with Crippen LogP contribution in [0.25, 0.3) is 10.2 Å². The van der Waals surface area contributed by atoms with Crippen molar-refractivity contribution in [2.24, 2.45) is 0 Å². The number of carbonyl (C=O) groups is 1. The Balaban J connectivity index is 1.89. The van der Waals surface area contributed by atoms with Crippen molar-refractivity contribution >= 4 is 39.3 Å². The van der Waals surface area contributed by atoms with Gasteiger partial charge in [-0.05, 0) is 19.1 Å². The number of thioether (sulfide) groups is 1. The molecule has 0 spiro atoms. The van der Waals surface area contributed by atoms with E-state index in [4.69, 9.17) is 4.74 Å². The minimum Gasteiger partial charge on any atom is -0.465 e. The van der Waals surface area contributed by atoms with Crippen LogP contribution in [-0.4, -0.2) is 23.3 Å². The largest absolute Gasteiger partial charge is 0.465 e. The lowest BCUT2D eigenvalue weighted by molar-refractivity contribution is -0.139. The van der Waals surface area contributed by atoms with Crippen LogP contribution in [0.5, 0.6) is 0 Å². The minimum atomic E-state index is -0.154. The van der Waals surface area contributed by atoms with Gasteiger partial charge in [0.05, 0.1) is 22.6 Å². The second kappa shape index (κ2) is 6.02. The van der Waals surface area contributed by atoms with Crippen molar-refractivity contribution in [2.75, 3.05) is 12.4 Å². The molecule has 0 unspecified atom stereocenters. The predicted molar refractivity (Wildman–Crippen MR) is 72.4 cm³/mol. The number of hydrogen-bond acceptors (Lipinski definition) is 5. The van der Waals surface area contributed by atoms with Gasteiger partial charge in [-0.3, -0.25) is 4.79 Å². The fourth-order valence-corrected chi connectivity index (χ4v) is 3.25. The maximum Gasteiger partial charge on any atom is 0.315 e. The molecule has 1 heterocycles. The van der Waals surface area contributed by atoms with Crippen LogP contribution in [0.15, 0.2) is 24.3 Å². The lowest BCUT2D eigenvalue weighted by Gasteiger charge is -1.99. The molecule has 2 rings (SSSR count). The van der Waals surface area contributed by atoms with Crippen LogP contribution >= 0.6 is 23.1 Å². The van der Waals surface area contributed by atoms with E-state index in [1.54, 1.807) is 23.1 Å². The van der Waals surface area contributed by atoms with E-state index < -0.39 is 0 Å². The van der Waals surface area contributed by atoms with E-state index >= 15 is 0 Å². The second-order valence-electron chi connectivity index (χ2n) is 3.37. The molecular formula is C12H13NO2S2. The van der Waals surface area contributed by atoms with Crippen LogP contribution in [0, 0.1) is 0 Å². The standard InChI is InChI=1S/C12H13NO2S2/c1-2-15-12(14)8-16-7-11-13-9-5-3-4-6-10(9)17-11/h3-6H,2,7-8H2,1H3. The first-order valence-corrected chi connectivity index (χ1v) is 7.34. The summed E-state index contributed by atoms with van der Waals surface area (Å²) in [6, 6.07) is 8.06. The Kier molecular flexibility index (Phi) is 4.39. The molecule has 90 valence electrons. The number of thiazole rings is 1. The summed E-state index contributed by atoms with van der Waals surface area (Å²) in [6.45, 7) is 2.26. The number of esters is 1. The number of carbonyl (C=O) groups excluding carboxylic acids is 1. The highest BCUT2D eigenvalue weighted by atomic mass is 32.2. The zero-order valence-corrected chi connectivity index (χ0v) is 11.1. The highest BCUT2D eigenvalue weighted by molar-refractivity contribution is 7.99. The first kappa shape index (κ1) is 12.4. The molecule has 0 aliphatic heterocycles. The topological polar surface area (TPSA) is 39.2 Å². The third-order valence-electron chi connectivity index (χ3n) is 2.09. The maximum atomic E-state index is 11.1. The number of rotatable bonds is 5. The lowest BCUT2D eigenvalue weighted by Crippen LogP contribution is -2.06. The molecule has 3 nitrogen and oxygen atoms in total. The number of benzene rings is 1. The van der Waals surface area contributed by atoms with E-state index in [0.29, 0.717) is 12.4 Å². The average molecular weight is 267 g/mol. The summed E-state index contributed by atoms with van der Waals surface area (Å²) >= 11 is 3.22. The van der Waals surface area contributed by atoms with Gasteiger partial charge in [0.25, 0.3) is 0 Å². The van der Waals surface area contributed by atoms with Gasteiger partial charge in [-0.25, -0.2) is 4.98 Å². The van der Waals surface area contributed by atoms with Crippen LogP contribution in [0.2, 0.25) is 0 Å². The fraction of sp³-hybridized carbons (Fsp3) is 0.333. The lowest BCUT2D eigenvalue weighted by atomic mass is 10.3. The van der Waals surface area contributed by atoms with Crippen molar-refractivity contribution < 1.29 is 9.53 Å². The summed E-state index contributed by atoms with van der Waals surface area (Å²) in [5.74, 6) is 1.00. The predicted octanol–water partition coefficient (Wildman–Crippen LogP) is 3.09. The first-order chi connectivity index (χ1) is 8.29. The van der Waals surface area contributed by atoms with Crippen molar-refractivity contribution in [1.29, 1.82) is 0 Å². The molecular weight excluding hydrogens is 254 g/mol. The highest BCUT2D eigenvalue weighted by Crippen LogP contribution is 2.24. The van der Waals surface area contributed by atoms with E-state index in [0.717, 1.165) is 16.3 Å². The molecule has 1 aromatic carbocycles. The Bertz CT molecular complexity index is 477. The SMILES string of the molecule is CCOC(=O)CSCc1nc2ccccc2s1. The van der Waals surface area contributed by atoms with Crippen LogP contribution in [0.3, 0.4) is 0 Å². The molecule has 0 N–H and O–H groups in total. The van der Waals surface area contributed by atoms with Crippen LogP contribution in [0.4, 0.5) is 0 Å². The van der Waals surface area contributed by atoms with Crippen molar-refractivity contribution in [3.8, 4) is 0 Å². The maximum absolute atomic E-state index is 11.1. The van der Waals surface area contributed by atoms with E-state index in [9.17, 15) is 4.79 Å². The molecule has 0 atom stereocenters. The van der Waals surface area contributed by atoms with Crippen LogP contribution in [-0.2, 0) is 15.3 Å². The molecule has 0 fully saturated rings. The van der Waals surface area contributed by atoms with E-state index in [-0.39, 0.29) is 5.97 Å². The Morgan fingerprint density at radius 1 is 1.47 bits per heavy atom. The highest BCUT2D eigenvalue weighted by Gasteiger charge is 2.05. The Morgan fingerprint density at radius 3 is 3.06 bits per heavy atom. The zero-order valence-electron chi connectivity index (χ0n) is 9.51. The first-order valence-electron chi connectivity index (χ1n) is 5.37. The summed E-state index contributed by atoms with van der Waals surface area (Å²) in [7, 11) is 0. The molecule has 0 radical (unpaired) electrons. The van der Waals surface area contributed by atoms with Gasteiger partial charge in [0.1, 0.15) is 5.01 Å². The molecule has 0 saturated heterocycles. The second-order valence-corrected chi connectivity index (χ2v) is 5.47. The van der Waals surface area contributed by atoms with E-state index in [1.165, 1.54) is 4.70 Å². The van der Waals surface area contributed by atoms with Gasteiger partial charge < -0.3 is 4.74 Å². The monoisotopic (exact) mass is 267 g/mol. The van der Waals surface area contributed by atoms with Crippen molar-refractivity contribution in [2.45, 2.75) is 12.7 Å². The third kappa shape index (κ3) is 3.44. The van der Waals surface area contributed by atoms with Gasteiger partial charge in [0.15, 0.2) is 0 Å². The van der Waals surface area contributed by atoms with Gasteiger partial charge in [-0.1, -0.05) is 12.1 Å². The van der Waals surface area contributed by atoms with Crippen LogP contribution < -0.4 is 0 Å². The summed E-state index contributed by atoms with van der Waals surface area (Å²) in [5.41, 5.74) is 1.03. The Morgan fingerprint density at radius 2 is 2.29 bits per heavy atom. The van der Waals surface area contributed by atoms with Gasteiger partial charge >= 0.3 is 5.97 Å². The zero-order chi connectivity index (χ0) is 12.1. The Labute approximate surface area is 108 Å². The number of fused-ring (bicyclic) bond motifs is 1. The summed E-state index contributed by atoms with van der Waals surface area (Å²) < 4.78 is 6.06. The van der Waals surface area contributed by atoms with Crippen molar-refractivity contribution in [3.05, 3.63) is 29.3 Å². The molecule has 0 aliphatic rings. The molecule has 1 aromatic heterocycles. The van der Waals surface area contributed by atoms with Crippen molar-refractivity contribution in [3.63, 3.8) is 0 Å². The fourth-order valence-electron chi connectivity index (χ4n) is 1.41. The molecule has 17 heavy (non-hydrogen) atoms. The van der Waals surface area contributed by atoms with Gasteiger partial charge in [0, 0.05) is 5.75 Å². The smallest absolute Gasteiger partial charge is 0.315 e. The minimum absolute atomic E-state index is 0.154.